The molecule has 2 nitrogen and oxygen atoms in total. The van der Waals surface area contributed by atoms with E-state index in [1.807, 2.05) is 26.0 Å². The first kappa shape index (κ1) is 13.0. The van der Waals surface area contributed by atoms with Gasteiger partial charge in [0.25, 0.3) is 0 Å². The van der Waals surface area contributed by atoms with Gasteiger partial charge in [-0.15, -0.1) is 0 Å². The average Bonchev–Trinajstić information content (AvgIpc) is 2.20. The van der Waals surface area contributed by atoms with Crippen LogP contribution in [0.1, 0.15) is 46.5 Å². The van der Waals surface area contributed by atoms with Gasteiger partial charge in [-0.25, -0.2) is 4.99 Å². The lowest BCUT2D eigenvalue weighted by Crippen LogP contribution is -2.25. The van der Waals surface area contributed by atoms with Crippen LogP contribution in [0.4, 0.5) is 0 Å². The maximum Gasteiger partial charge on any atom is 0.208 e. The van der Waals surface area contributed by atoms with E-state index in [1.54, 1.807) is 0 Å². The number of hydrogen-bond acceptors (Lipinski definition) is 2. The molecule has 0 saturated heterocycles. The Bertz CT molecular complexity index is 274. The number of allylic oxidation sites excluding steroid dienone is 2. The predicted octanol–water partition coefficient (Wildman–Crippen LogP) is 3.88. The van der Waals surface area contributed by atoms with Crippen molar-refractivity contribution < 1.29 is 4.74 Å². The minimum atomic E-state index is 0.294. The van der Waals surface area contributed by atoms with Crippen molar-refractivity contribution in [3.63, 3.8) is 0 Å². The summed E-state index contributed by atoms with van der Waals surface area (Å²) >= 11 is 0. The molecule has 0 spiro atoms. The Morgan fingerprint density at radius 1 is 1.38 bits per heavy atom. The van der Waals surface area contributed by atoms with Gasteiger partial charge in [-0.05, 0) is 52.5 Å². The molecule has 0 aromatic carbocycles. The Morgan fingerprint density at radius 2 is 2.12 bits per heavy atom. The first-order valence-electron chi connectivity index (χ1n) is 6.24. The summed E-state index contributed by atoms with van der Waals surface area (Å²) in [5.41, 5.74) is 0. The Balaban J connectivity index is 2.48. The second-order valence-electron chi connectivity index (χ2n) is 4.29. The average molecular weight is 221 g/mol. The van der Waals surface area contributed by atoms with Crippen LogP contribution < -0.4 is 0 Å². The van der Waals surface area contributed by atoms with E-state index in [1.165, 1.54) is 19.3 Å². The van der Waals surface area contributed by atoms with Crippen LogP contribution in [-0.4, -0.2) is 18.0 Å². The summed E-state index contributed by atoms with van der Waals surface area (Å²) in [4.78, 5) is 4.58. The van der Waals surface area contributed by atoms with Crippen molar-refractivity contribution >= 4 is 5.90 Å². The van der Waals surface area contributed by atoms with E-state index in [-0.39, 0.29) is 0 Å². The van der Waals surface area contributed by atoms with E-state index in [0.717, 1.165) is 12.3 Å². The van der Waals surface area contributed by atoms with Gasteiger partial charge in [-0.3, -0.25) is 0 Å². The Morgan fingerprint density at radius 3 is 2.62 bits per heavy atom. The summed E-state index contributed by atoms with van der Waals surface area (Å²) in [5, 5.41) is 0. The van der Waals surface area contributed by atoms with Crippen molar-refractivity contribution in [1.82, 2.24) is 0 Å². The van der Waals surface area contributed by atoms with Gasteiger partial charge in [0.05, 0.1) is 6.04 Å². The lowest BCUT2D eigenvalue weighted by atomic mass is 9.96. The van der Waals surface area contributed by atoms with E-state index in [2.05, 4.69) is 24.1 Å². The van der Waals surface area contributed by atoms with Crippen LogP contribution in [0.5, 0.6) is 0 Å². The maximum absolute atomic E-state index is 5.82. The lowest BCUT2D eigenvalue weighted by molar-refractivity contribution is 0.109. The standard InChI is InChI=1S/C14H23NO/c1-4-6-9-12(3)15-14(8-5-2)16-13-10-7-11-13/h4-6,8,12-13H,7,9-11H2,1-3H3/b6-4-,8-5-,15-14+. The zero-order valence-electron chi connectivity index (χ0n) is 10.6. The summed E-state index contributed by atoms with van der Waals surface area (Å²) in [6.45, 7) is 6.15. The van der Waals surface area contributed by atoms with Gasteiger partial charge in [0.2, 0.25) is 5.90 Å². The zero-order valence-corrected chi connectivity index (χ0v) is 10.6. The van der Waals surface area contributed by atoms with Gasteiger partial charge in [-0.1, -0.05) is 18.2 Å². The van der Waals surface area contributed by atoms with Crippen molar-refractivity contribution in [3.8, 4) is 0 Å². The first-order valence-corrected chi connectivity index (χ1v) is 6.24. The molecule has 0 aromatic rings. The molecule has 0 radical (unpaired) electrons. The smallest absolute Gasteiger partial charge is 0.208 e. The molecule has 1 fully saturated rings. The molecule has 16 heavy (non-hydrogen) atoms. The molecule has 0 aromatic heterocycles. The van der Waals surface area contributed by atoms with Crippen molar-refractivity contribution in [1.29, 1.82) is 0 Å². The van der Waals surface area contributed by atoms with Crippen LogP contribution in [0.25, 0.3) is 0 Å². The third-order valence-corrected chi connectivity index (χ3v) is 2.71. The van der Waals surface area contributed by atoms with E-state index in [9.17, 15) is 0 Å². The molecule has 2 heteroatoms. The summed E-state index contributed by atoms with van der Waals surface area (Å²) in [6, 6.07) is 0.294. The van der Waals surface area contributed by atoms with E-state index in [0.29, 0.717) is 12.1 Å². The number of aliphatic imine (C=N–C) groups is 1. The molecular formula is C14H23NO. The molecule has 1 unspecified atom stereocenters. The Kier molecular flexibility index (Phi) is 5.91. The second-order valence-corrected chi connectivity index (χ2v) is 4.29. The second kappa shape index (κ2) is 7.26. The fraction of sp³-hybridized carbons (Fsp3) is 0.643. The quantitative estimate of drug-likeness (QED) is 0.392. The predicted molar refractivity (Wildman–Crippen MR) is 69.9 cm³/mol. The minimum absolute atomic E-state index is 0.294. The van der Waals surface area contributed by atoms with Crippen LogP contribution in [0, 0.1) is 0 Å². The van der Waals surface area contributed by atoms with Gasteiger partial charge in [-0.2, -0.15) is 0 Å². The summed E-state index contributed by atoms with van der Waals surface area (Å²) < 4.78 is 5.82. The minimum Gasteiger partial charge on any atom is -0.475 e. The summed E-state index contributed by atoms with van der Waals surface area (Å²) in [5.74, 6) is 0.796. The molecular weight excluding hydrogens is 198 g/mol. The van der Waals surface area contributed by atoms with Gasteiger partial charge in [0.1, 0.15) is 6.10 Å². The molecule has 0 N–H and O–H groups in total. The van der Waals surface area contributed by atoms with Crippen LogP contribution in [0.15, 0.2) is 29.3 Å². The van der Waals surface area contributed by atoms with Crippen molar-refractivity contribution in [2.75, 3.05) is 0 Å². The molecule has 1 saturated carbocycles. The molecule has 1 aliphatic carbocycles. The van der Waals surface area contributed by atoms with Gasteiger partial charge in [0, 0.05) is 0 Å². The van der Waals surface area contributed by atoms with Gasteiger partial charge >= 0.3 is 0 Å². The van der Waals surface area contributed by atoms with Gasteiger partial charge < -0.3 is 4.74 Å². The molecule has 1 rings (SSSR count). The van der Waals surface area contributed by atoms with E-state index in [4.69, 9.17) is 4.74 Å². The van der Waals surface area contributed by atoms with E-state index < -0.39 is 0 Å². The zero-order chi connectivity index (χ0) is 11.8. The fourth-order valence-corrected chi connectivity index (χ4v) is 1.52. The molecule has 1 aliphatic rings. The molecule has 0 heterocycles. The fourth-order valence-electron chi connectivity index (χ4n) is 1.52. The van der Waals surface area contributed by atoms with Crippen molar-refractivity contribution in [2.24, 2.45) is 4.99 Å². The van der Waals surface area contributed by atoms with E-state index >= 15 is 0 Å². The largest absolute Gasteiger partial charge is 0.475 e. The summed E-state index contributed by atoms with van der Waals surface area (Å²) in [6.07, 6.45) is 13.2. The molecule has 1 atom stereocenters. The first-order chi connectivity index (χ1) is 7.76. The summed E-state index contributed by atoms with van der Waals surface area (Å²) in [7, 11) is 0. The molecule has 0 aliphatic heterocycles. The molecule has 90 valence electrons. The third kappa shape index (κ3) is 4.65. The highest BCUT2D eigenvalue weighted by molar-refractivity contribution is 5.87. The monoisotopic (exact) mass is 221 g/mol. The van der Waals surface area contributed by atoms with Crippen molar-refractivity contribution in [2.45, 2.75) is 58.6 Å². The van der Waals surface area contributed by atoms with Crippen LogP contribution in [-0.2, 0) is 4.74 Å². The maximum atomic E-state index is 5.82. The number of ether oxygens (including phenoxy) is 1. The molecule has 0 bridgehead atoms. The normalized spacial score (nSPS) is 20.3. The topological polar surface area (TPSA) is 21.6 Å². The Hall–Kier alpha value is -1.05. The SMILES string of the molecule is C/C=C\CC(C)/N=C(\C=C/C)OC1CCC1. The lowest BCUT2D eigenvalue weighted by Gasteiger charge is -2.26. The molecule has 0 amide bonds. The number of rotatable bonds is 5. The number of nitrogens with zero attached hydrogens (tertiary/aromatic N) is 1. The van der Waals surface area contributed by atoms with Gasteiger partial charge in [0.15, 0.2) is 0 Å². The number of hydrogen-bond donors (Lipinski definition) is 0. The van der Waals surface area contributed by atoms with Crippen LogP contribution in [0.2, 0.25) is 0 Å². The van der Waals surface area contributed by atoms with Crippen molar-refractivity contribution in [3.05, 3.63) is 24.3 Å². The highest BCUT2D eigenvalue weighted by atomic mass is 16.5. The van der Waals surface area contributed by atoms with Crippen LogP contribution in [0.3, 0.4) is 0 Å². The highest BCUT2D eigenvalue weighted by Gasteiger charge is 2.19. The highest BCUT2D eigenvalue weighted by Crippen LogP contribution is 2.22. The third-order valence-electron chi connectivity index (χ3n) is 2.71. The van der Waals surface area contributed by atoms with Crippen LogP contribution >= 0.6 is 0 Å². The Labute approximate surface area is 99.1 Å².